The van der Waals surface area contributed by atoms with Gasteiger partial charge in [0, 0.05) is 50.7 Å². The third-order valence-corrected chi connectivity index (χ3v) is 5.54. The molecule has 3 rings (SSSR count). The van der Waals surface area contributed by atoms with E-state index in [1.54, 1.807) is 11.0 Å². The number of nitrogens with zero attached hydrogens (tertiary/aromatic N) is 4. The van der Waals surface area contributed by atoms with E-state index in [0.717, 1.165) is 19.4 Å². The molecule has 2 saturated heterocycles. The molecule has 2 aliphatic heterocycles. The third kappa shape index (κ3) is 3.55. The average molecular weight is 359 g/mol. The molecule has 0 saturated carbocycles. The standard InChI is InChI=1S/C18H25N5O3/c1-3-9-22-10-8-18(7-6-16(22)25)13-23(12-11-21(18)2)17(26)14-4-5-15(24)20-19-14/h3-5H,1,6-13H2,2H3,(H,20,24). The van der Waals surface area contributed by atoms with Gasteiger partial charge >= 0.3 is 0 Å². The lowest BCUT2D eigenvalue weighted by Crippen LogP contribution is -2.62. The maximum absolute atomic E-state index is 12.8. The van der Waals surface area contributed by atoms with Crippen molar-refractivity contribution in [3.05, 3.63) is 40.8 Å². The molecule has 2 aliphatic rings. The number of aromatic nitrogens is 2. The third-order valence-electron chi connectivity index (χ3n) is 5.54. The number of rotatable bonds is 3. The van der Waals surface area contributed by atoms with Crippen molar-refractivity contribution in [2.75, 3.05) is 39.8 Å². The van der Waals surface area contributed by atoms with E-state index in [-0.39, 0.29) is 28.6 Å². The van der Waals surface area contributed by atoms with Gasteiger partial charge in [0.05, 0.1) is 0 Å². The topological polar surface area (TPSA) is 89.6 Å². The molecule has 1 aromatic heterocycles. The van der Waals surface area contributed by atoms with Crippen LogP contribution in [0.2, 0.25) is 0 Å². The zero-order valence-corrected chi connectivity index (χ0v) is 15.1. The van der Waals surface area contributed by atoms with Crippen molar-refractivity contribution in [1.29, 1.82) is 0 Å². The van der Waals surface area contributed by atoms with E-state index in [1.807, 2.05) is 4.90 Å². The SMILES string of the molecule is C=CCN1CCC2(CCC1=O)CN(C(=O)c1ccc(=O)[nH]n1)CCN2C. The van der Waals surface area contributed by atoms with Crippen molar-refractivity contribution in [2.45, 2.75) is 24.8 Å². The Labute approximate surface area is 152 Å². The van der Waals surface area contributed by atoms with Crippen LogP contribution in [0.15, 0.2) is 29.6 Å². The van der Waals surface area contributed by atoms with Crippen molar-refractivity contribution in [3.63, 3.8) is 0 Å². The summed E-state index contributed by atoms with van der Waals surface area (Å²) < 4.78 is 0. The van der Waals surface area contributed by atoms with Gasteiger partial charge in [0.15, 0.2) is 0 Å². The van der Waals surface area contributed by atoms with Gasteiger partial charge in [-0.3, -0.25) is 19.3 Å². The van der Waals surface area contributed by atoms with E-state index >= 15 is 0 Å². The highest BCUT2D eigenvalue weighted by atomic mass is 16.2. The minimum atomic E-state index is -0.332. The van der Waals surface area contributed by atoms with Crippen LogP contribution < -0.4 is 5.56 Å². The van der Waals surface area contributed by atoms with Crippen molar-refractivity contribution < 1.29 is 9.59 Å². The minimum absolute atomic E-state index is 0.140. The number of aromatic amines is 1. The molecule has 2 amide bonds. The van der Waals surface area contributed by atoms with Crippen molar-refractivity contribution in [1.82, 2.24) is 24.9 Å². The molecular weight excluding hydrogens is 334 g/mol. The maximum Gasteiger partial charge on any atom is 0.274 e. The predicted octanol–water partition coefficient (Wildman–Crippen LogP) is 0.0948. The molecule has 140 valence electrons. The molecule has 8 heteroatoms. The molecule has 26 heavy (non-hydrogen) atoms. The summed E-state index contributed by atoms with van der Waals surface area (Å²) in [6.07, 6.45) is 3.75. The number of hydrogen-bond donors (Lipinski definition) is 1. The first-order valence-corrected chi connectivity index (χ1v) is 8.90. The van der Waals surface area contributed by atoms with Crippen LogP contribution in [0.25, 0.3) is 0 Å². The number of likely N-dealkylation sites (tertiary alicyclic amines) is 1. The number of hydrogen-bond acceptors (Lipinski definition) is 5. The highest BCUT2D eigenvalue weighted by Gasteiger charge is 2.43. The van der Waals surface area contributed by atoms with E-state index in [9.17, 15) is 14.4 Å². The maximum atomic E-state index is 12.8. The molecule has 0 bridgehead atoms. The minimum Gasteiger partial charge on any atom is -0.339 e. The molecule has 1 aromatic rings. The Morgan fingerprint density at radius 2 is 2.12 bits per heavy atom. The summed E-state index contributed by atoms with van der Waals surface area (Å²) in [5.74, 6) is -0.0480. The highest BCUT2D eigenvalue weighted by Crippen LogP contribution is 2.32. The van der Waals surface area contributed by atoms with Gasteiger partial charge in [-0.25, -0.2) is 5.10 Å². The summed E-state index contributed by atoms with van der Waals surface area (Å²) in [6.45, 7) is 6.84. The highest BCUT2D eigenvalue weighted by molar-refractivity contribution is 5.92. The Balaban J connectivity index is 1.78. The Morgan fingerprint density at radius 3 is 2.81 bits per heavy atom. The first kappa shape index (κ1) is 18.3. The van der Waals surface area contributed by atoms with Crippen LogP contribution in [-0.4, -0.2) is 82.0 Å². The van der Waals surface area contributed by atoms with Gasteiger partial charge in [-0.2, -0.15) is 5.10 Å². The van der Waals surface area contributed by atoms with Crippen LogP contribution >= 0.6 is 0 Å². The van der Waals surface area contributed by atoms with Crippen LogP contribution in [0, 0.1) is 0 Å². The molecule has 3 heterocycles. The zero-order chi connectivity index (χ0) is 18.7. The van der Waals surface area contributed by atoms with E-state index in [4.69, 9.17) is 0 Å². The fraction of sp³-hybridized carbons (Fsp3) is 0.556. The fourth-order valence-electron chi connectivity index (χ4n) is 3.84. The lowest BCUT2D eigenvalue weighted by Gasteiger charge is -2.49. The summed E-state index contributed by atoms with van der Waals surface area (Å²) in [5.41, 5.74) is -0.315. The molecule has 1 atom stereocenters. The Morgan fingerprint density at radius 1 is 1.31 bits per heavy atom. The summed E-state index contributed by atoms with van der Waals surface area (Å²) in [6, 6.07) is 2.76. The first-order valence-electron chi connectivity index (χ1n) is 8.90. The summed E-state index contributed by atoms with van der Waals surface area (Å²) in [5, 5.41) is 6.17. The van der Waals surface area contributed by atoms with Crippen LogP contribution in [0.3, 0.4) is 0 Å². The molecular formula is C18H25N5O3. The Bertz CT molecular complexity index is 741. The average Bonchev–Trinajstić information content (AvgIpc) is 2.79. The van der Waals surface area contributed by atoms with Gasteiger partial charge in [-0.05, 0) is 26.0 Å². The van der Waals surface area contributed by atoms with E-state index in [0.29, 0.717) is 32.6 Å². The van der Waals surface area contributed by atoms with E-state index in [1.165, 1.54) is 12.1 Å². The van der Waals surface area contributed by atoms with Crippen molar-refractivity contribution in [3.8, 4) is 0 Å². The second-order valence-electron chi connectivity index (χ2n) is 7.06. The number of carbonyl (C=O) groups is 2. The normalized spacial score (nSPS) is 24.6. The van der Waals surface area contributed by atoms with Gasteiger partial charge in [0.2, 0.25) is 5.91 Å². The largest absolute Gasteiger partial charge is 0.339 e. The van der Waals surface area contributed by atoms with E-state index in [2.05, 4.69) is 28.7 Å². The van der Waals surface area contributed by atoms with Crippen molar-refractivity contribution >= 4 is 11.8 Å². The summed E-state index contributed by atoms with van der Waals surface area (Å²) >= 11 is 0. The molecule has 1 N–H and O–H groups in total. The van der Waals surface area contributed by atoms with Gasteiger partial charge in [0.25, 0.3) is 11.5 Å². The number of piperazine rings is 1. The quantitative estimate of drug-likeness (QED) is 0.773. The molecule has 8 nitrogen and oxygen atoms in total. The molecule has 0 radical (unpaired) electrons. The summed E-state index contributed by atoms with van der Waals surface area (Å²) in [4.78, 5) is 42.2. The molecule has 2 fully saturated rings. The van der Waals surface area contributed by atoms with Gasteiger partial charge < -0.3 is 9.80 Å². The van der Waals surface area contributed by atoms with Crippen LogP contribution in [0.1, 0.15) is 29.8 Å². The smallest absolute Gasteiger partial charge is 0.274 e. The van der Waals surface area contributed by atoms with Gasteiger partial charge in [-0.15, -0.1) is 6.58 Å². The summed E-state index contributed by atoms with van der Waals surface area (Å²) in [7, 11) is 2.06. The molecule has 0 aromatic carbocycles. The lowest BCUT2D eigenvalue weighted by molar-refractivity contribution is -0.130. The lowest BCUT2D eigenvalue weighted by atomic mass is 9.86. The fourth-order valence-corrected chi connectivity index (χ4v) is 3.84. The van der Waals surface area contributed by atoms with E-state index < -0.39 is 0 Å². The number of amides is 2. The Kier molecular flexibility index (Phi) is 5.22. The number of nitrogens with one attached hydrogen (secondary N) is 1. The first-order chi connectivity index (χ1) is 12.4. The van der Waals surface area contributed by atoms with Gasteiger partial charge in [-0.1, -0.05) is 6.08 Å². The second-order valence-corrected chi connectivity index (χ2v) is 7.06. The molecule has 0 aliphatic carbocycles. The van der Waals surface area contributed by atoms with Crippen LogP contribution in [0.5, 0.6) is 0 Å². The second kappa shape index (κ2) is 7.41. The zero-order valence-electron chi connectivity index (χ0n) is 15.1. The monoisotopic (exact) mass is 359 g/mol. The van der Waals surface area contributed by atoms with Gasteiger partial charge in [0.1, 0.15) is 5.69 Å². The molecule has 1 spiro atoms. The number of carbonyl (C=O) groups excluding carboxylic acids is 2. The Hall–Kier alpha value is -2.48. The molecule has 1 unspecified atom stereocenters. The van der Waals surface area contributed by atoms with Crippen LogP contribution in [-0.2, 0) is 4.79 Å². The predicted molar refractivity (Wildman–Crippen MR) is 96.8 cm³/mol. The van der Waals surface area contributed by atoms with Crippen molar-refractivity contribution in [2.24, 2.45) is 0 Å². The number of likely N-dealkylation sites (N-methyl/N-ethyl adjacent to an activating group) is 1. The number of H-pyrrole nitrogens is 1. The van der Waals surface area contributed by atoms with Crippen LogP contribution in [0.4, 0.5) is 0 Å².